The summed E-state index contributed by atoms with van der Waals surface area (Å²) in [5, 5.41) is 0. The van der Waals surface area contributed by atoms with E-state index in [1.165, 1.54) is 37.7 Å². The molecule has 0 N–H and O–H groups in total. The van der Waals surface area contributed by atoms with E-state index < -0.39 is 0 Å². The molecule has 0 bridgehead atoms. The van der Waals surface area contributed by atoms with Gasteiger partial charge < -0.3 is 9.80 Å². The van der Waals surface area contributed by atoms with Gasteiger partial charge in [0.25, 0.3) is 0 Å². The molecule has 0 fully saturated rings. The molecule has 0 aromatic rings. The summed E-state index contributed by atoms with van der Waals surface area (Å²) in [7, 11) is 3.01. The summed E-state index contributed by atoms with van der Waals surface area (Å²) in [6.07, 6.45) is -0.351. The summed E-state index contributed by atoms with van der Waals surface area (Å²) in [5.41, 5.74) is 0. The first-order valence-corrected chi connectivity index (χ1v) is 5.20. The van der Waals surface area contributed by atoms with Crippen molar-refractivity contribution in [1.82, 2.24) is 9.80 Å². The maximum Gasteiger partial charge on any atom is 0.231 e. The van der Waals surface area contributed by atoms with Crippen molar-refractivity contribution < 1.29 is 19.2 Å². The Labute approximate surface area is 101 Å². The van der Waals surface area contributed by atoms with E-state index in [2.05, 4.69) is 0 Å². The predicted octanol–water partition coefficient (Wildman–Crippen LogP) is -0.181. The summed E-state index contributed by atoms with van der Waals surface area (Å²) in [6, 6.07) is 0. The van der Waals surface area contributed by atoms with Crippen LogP contribution in [-0.4, -0.2) is 53.9 Å². The van der Waals surface area contributed by atoms with Gasteiger partial charge >= 0.3 is 0 Å². The molecule has 0 atom stereocenters. The Morgan fingerprint density at radius 2 is 1.06 bits per heavy atom. The summed E-state index contributed by atoms with van der Waals surface area (Å²) in [4.78, 5) is 46.9. The van der Waals surface area contributed by atoms with Crippen LogP contribution in [0.2, 0.25) is 0 Å². The second kappa shape index (κ2) is 6.78. The van der Waals surface area contributed by atoms with E-state index in [1.807, 2.05) is 0 Å². The first kappa shape index (κ1) is 15.3. The first-order chi connectivity index (χ1) is 7.73. The zero-order valence-corrected chi connectivity index (χ0v) is 10.6. The Balaban J connectivity index is 4.23. The number of rotatable bonds is 6. The van der Waals surface area contributed by atoms with Crippen molar-refractivity contribution in [2.45, 2.75) is 26.7 Å². The lowest BCUT2D eigenvalue weighted by atomic mass is 10.3. The van der Waals surface area contributed by atoms with Crippen LogP contribution in [0.3, 0.4) is 0 Å². The molecule has 0 aliphatic rings. The van der Waals surface area contributed by atoms with Crippen LogP contribution in [0.15, 0.2) is 0 Å². The number of ketones is 2. The molecule has 6 nitrogen and oxygen atoms in total. The molecule has 6 heteroatoms. The van der Waals surface area contributed by atoms with Gasteiger partial charge in [0.15, 0.2) is 0 Å². The normalized spacial score (nSPS) is 9.65. The van der Waals surface area contributed by atoms with Crippen molar-refractivity contribution in [1.29, 1.82) is 0 Å². The van der Waals surface area contributed by atoms with E-state index in [0.717, 1.165) is 0 Å². The fraction of sp³-hybridized carbons (Fsp3) is 0.636. The van der Waals surface area contributed by atoms with Crippen LogP contribution in [0.1, 0.15) is 26.7 Å². The van der Waals surface area contributed by atoms with Crippen LogP contribution in [0.4, 0.5) is 0 Å². The fourth-order valence-electron chi connectivity index (χ4n) is 1.17. The number of amides is 2. The van der Waals surface area contributed by atoms with Crippen LogP contribution in [0.25, 0.3) is 0 Å². The molecule has 0 aromatic heterocycles. The van der Waals surface area contributed by atoms with E-state index in [9.17, 15) is 19.2 Å². The average Bonchev–Trinajstić information content (AvgIpc) is 2.15. The van der Waals surface area contributed by atoms with Crippen molar-refractivity contribution in [3.63, 3.8) is 0 Å². The second-order valence-electron chi connectivity index (χ2n) is 4.08. The molecule has 0 spiro atoms. The lowest BCUT2D eigenvalue weighted by Gasteiger charge is -2.24. The Hall–Kier alpha value is -1.72. The van der Waals surface area contributed by atoms with E-state index >= 15 is 0 Å². The van der Waals surface area contributed by atoms with Gasteiger partial charge in [0.2, 0.25) is 11.8 Å². The molecule has 0 rings (SSSR count). The maximum atomic E-state index is 11.4. The number of nitrogens with zero attached hydrogens (tertiary/aromatic N) is 2. The Bertz CT molecular complexity index is 306. The summed E-state index contributed by atoms with van der Waals surface area (Å²) < 4.78 is 0. The highest BCUT2D eigenvalue weighted by Gasteiger charge is 2.16. The predicted molar refractivity (Wildman–Crippen MR) is 61.0 cm³/mol. The monoisotopic (exact) mass is 242 g/mol. The van der Waals surface area contributed by atoms with Gasteiger partial charge in [0, 0.05) is 14.1 Å². The van der Waals surface area contributed by atoms with E-state index in [4.69, 9.17) is 0 Å². The lowest BCUT2D eigenvalue weighted by Crippen LogP contribution is -2.41. The quantitative estimate of drug-likeness (QED) is 0.478. The molecule has 0 heterocycles. The number of hydrogen-bond acceptors (Lipinski definition) is 4. The molecular formula is C11H18N2O4. The minimum atomic E-state index is -0.347. The van der Waals surface area contributed by atoms with Gasteiger partial charge in [0.05, 0.1) is 19.5 Å². The van der Waals surface area contributed by atoms with Crippen LogP contribution < -0.4 is 0 Å². The largest absolute Gasteiger partial charge is 0.328 e. The Morgan fingerprint density at radius 1 is 0.765 bits per heavy atom. The third-order valence-electron chi connectivity index (χ3n) is 2.08. The molecule has 0 radical (unpaired) electrons. The lowest BCUT2D eigenvalue weighted by molar-refractivity contribution is -0.139. The Kier molecular flexibility index (Phi) is 6.09. The molecule has 0 unspecified atom stereocenters. The van der Waals surface area contributed by atoms with Gasteiger partial charge in [-0.25, -0.2) is 0 Å². The zero-order valence-electron chi connectivity index (χ0n) is 10.6. The summed E-state index contributed by atoms with van der Waals surface area (Å²) >= 11 is 0. The van der Waals surface area contributed by atoms with E-state index in [-0.39, 0.29) is 42.9 Å². The number of Topliss-reactive ketones (excluding diaryl/α,β-unsaturated/α-hetero) is 2. The maximum absolute atomic E-state index is 11.4. The topological polar surface area (TPSA) is 74.8 Å². The van der Waals surface area contributed by atoms with Crippen molar-refractivity contribution in [2.24, 2.45) is 0 Å². The summed E-state index contributed by atoms with van der Waals surface area (Å²) in [5.74, 6) is -1.14. The standard InChI is InChI=1S/C11H18N2O4/c1-8(14)5-10(16)12(3)7-13(4)11(17)6-9(2)15/h5-7H2,1-4H3. The third kappa shape index (κ3) is 6.44. The molecule has 0 saturated carbocycles. The first-order valence-electron chi connectivity index (χ1n) is 5.20. The Morgan fingerprint density at radius 3 is 1.29 bits per heavy atom. The molecule has 2 amide bonds. The molecule has 0 saturated heterocycles. The van der Waals surface area contributed by atoms with Gasteiger partial charge in [-0.3, -0.25) is 19.2 Å². The smallest absolute Gasteiger partial charge is 0.231 e. The van der Waals surface area contributed by atoms with Crippen LogP contribution in [0.5, 0.6) is 0 Å². The van der Waals surface area contributed by atoms with Gasteiger partial charge in [-0.2, -0.15) is 0 Å². The van der Waals surface area contributed by atoms with Gasteiger partial charge in [-0.15, -0.1) is 0 Å². The second-order valence-corrected chi connectivity index (χ2v) is 4.08. The molecular weight excluding hydrogens is 224 g/mol. The SMILES string of the molecule is CC(=O)CC(=O)N(C)CN(C)C(=O)CC(C)=O. The van der Waals surface area contributed by atoms with Crippen LogP contribution >= 0.6 is 0 Å². The van der Waals surface area contributed by atoms with Crippen LogP contribution in [-0.2, 0) is 19.2 Å². The van der Waals surface area contributed by atoms with Crippen LogP contribution in [0, 0.1) is 0 Å². The van der Waals surface area contributed by atoms with Crippen molar-refractivity contribution in [3.8, 4) is 0 Å². The molecule has 96 valence electrons. The van der Waals surface area contributed by atoms with E-state index in [1.54, 1.807) is 0 Å². The highest BCUT2D eigenvalue weighted by Crippen LogP contribution is 1.97. The number of hydrogen-bond donors (Lipinski definition) is 0. The fourth-order valence-corrected chi connectivity index (χ4v) is 1.17. The third-order valence-corrected chi connectivity index (χ3v) is 2.08. The molecule has 17 heavy (non-hydrogen) atoms. The van der Waals surface area contributed by atoms with Gasteiger partial charge in [0.1, 0.15) is 11.6 Å². The van der Waals surface area contributed by atoms with Crippen molar-refractivity contribution in [3.05, 3.63) is 0 Å². The highest BCUT2D eigenvalue weighted by atomic mass is 16.2. The molecule has 0 aromatic carbocycles. The van der Waals surface area contributed by atoms with Crippen molar-refractivity contribution in [2.75, 3.05) is 20.8 Å². The van der Waals surface area contributed by atoms with Gasteiger partial charge in [-0.1, -0.05) is 0 Å². The summed E-state index contributed by atoms with van der Waals surface area (Å²) in [6.45, 7) is 2.73. The van der Waals surface area contributed by atoms with Crippen molar-refractivity contribution >= 4 is 23.4 Å². The number of carbonyl (C=O) groups excluding carboxylic acids is 4. The zero-order chi connectivity index (χ0) is 13.6. The molecule has 0 aliphatic heterocycles. The molecule has 0 aliphatic carbocycles. The number of carbonyl (C=O) groups is 4. The van der Waals surface area contributed by atoms with E-state index in [0.29, 0.717) is 0 Å². The highest BCUT2D eigenvalue weighted by molar-refractivity contribution is 5.98. The van der Waals surface area contributed by atoms with Gasteiger partial charge in [-0.05, 0) is 13.8 Å². The minimum Gasteiger partial charge on any atom is -0.328 e. The minimum absolute atomic E-state index is 0.0677. The average molecular weight is 242 g/mol.